The van der Waals surface area contributed by atoms with Crippen molar-refractivity contribution in [3.8, 4) is 21.7 Å². The van der Waals surface area contributed by atoms with Crippen molar-refractivity contribution in [2.45, 2.75) is 13.3 Å². The first-order valence-electron chi connectivity index (χ1n) is 7.09. The van der Waals surface area contributed by atoms with Crippen molar-refractivity contribution in [3.05, 3.63) is 54.9 Å². The lowest BCUT2D eigenvalue weighted by Gasteiger charge is -2.06. The molecule has 0 aliphatic rings. The molecule has 0 saturated heterocycles. The maximum Gasteiger partial charge on any atom is 0.183 e. The Kier molecular flexibility index (Phi) is 4.26. The first kappa shape index (κ1) is 13.8. The zero-order valence-corrected chi connectivity index (χ0v) is 12.7. The number of benzene rings is 1. The molecular formula is C17H17N3S. The van der Waals surface area contributed by atoms with Gasteiger partial charge in [0.05, 0.1) is 10.6 Å². The highest BCUT2D eigenvalue weighted by atomic mass is 32.1. The summed E-state index contributed by atoms with van der Waals surface area (Å²) >= 11 is 1.67. The molecule has 1 aromatic carbocycles. The van der Waals surface area contributed by atoms with Crippen molar-refractivity contribution in [3.63, 3.8) is 0 Å². The van der Waals surface area contributed by atoms with E-state index < -0.39 is 0 Å². The molecule has 0 radical (unpaired) electrons. The molecule has 3 aromatic rings. The topological polar surface area (TPSA) is 37.8 Å². The molecule has 2 aromatic heterocycles. The number of rotatable bonds is 5. The number of hydrogen-bond acceptors (Lipinski definition) is 4. The van der Waals surface area contributed by atoms with E-state index in [9.17, 15) is 0 Å². The molecule has 4 heteroatoms. The van der Waals surface area contributed by atoms with Gasteiger partial charge in [0.2, 0.25) is 0 Å². The van der Waals surface area contributed by atoms with Gasteiger partial charge in [-0.1, -0.05) is 48.6 Å². The van der Waals surface area contributed by atoms with Crippen LogP contribution in [-0.2, 0) is 0 Å². The Balaban J connectivity index is 1.97. The maximum atomic E-state index is 4.56. The van der Waals surface area contributed by atoms with E-state index in [1.165, 1.54) is 0 Å². The monoisotopic (exact) mass is 295 g/mol. The number of hydrogen-bond donors (Lipinski definition) is 1. The molecule has 3 nitrogen and oxygen atoms in total. The number of thiazole rings is 1. The van der Waals surface area contributed by atoms with E-state index in [4.69, 9.17) is 0 Å². The molecule has 0 bridgehead atoms. The molecule has 3 rings (SSSR count). The van der Waals surface area contributed by atoms with Crippen LogP contribution in [0.4, 0.5) is 5.13 Å². The molecule has 1 N–H and O–H groups in total. The van der Waals surface area contributed by atoms with Gasteiger partial charge in [0.1, 0.15) is 0 Å². The number of nitrogens with one attached hydrogen (secondary N) is 1. The highest BCUT2D eigenvalue weighted by molar-refractivity contribution is 7.18. The Morgan fingerprint density at radius 1 is 1.05 bits per heavy atom. The van der Waals surface area contributed by atoms with Gasteiger partial charge >= 0.3 is 0 Å². The molecule has 2 heterocycles. The largest absolute Gasteiger partial charge is 0.362 e. The highest BCUT2D eigenvalue weighted by Gasteiger charge is 2.11. The summed E-state index contributed by atoms with van der Waals surface area (Å²) in [5.74, 6) is 0. The average molecular weight is 295 g/mol. The van der Waals surface area contributed by atoms with E-state index >= 15 is 0 Å². The third-order valence-electron chi connectivity index (χ3n) is 3.15. The van der Waals surface area contributed by atoms with Gasteiger partial charge in [-0.3, -0.25) is 4.98 Å². The van der Waals surface area contributed by atoms with E-state index in [-0.39, 0.29) is 0 Å². The van der Waals surface area contributed by atoms with Crippen molar-refractivity contribution in [1.82, 2.24) is 9.97 Å². The third kappa shape index (κ3) is 3.11. The third-order valence-corrected chi connectivity index (χ3v) is 4.14. The molecule has 21 heavy (non-hydrogen) atoms. The van der Waals surface area contributed by atoms with Crippen molar-refractivity contribution >= 4 is 16.5 Å². The van der Waals surface area contributed by atoms with Crippen LogP contribution < -0.4 is 5.32 Å². The van der Waals surface area contributed by atoms with Crippen LogP contribution in [0.1, 0.15) is 13.3 Å². The Morgan fingerprint density at radius 2 is 1.90 bits per heavy atom. The quantitative estimate of drug-likeness (QED) is 0.741. The van der Waals surface area contributed by atoms with Gasteiger partial charge in [0.15, 0.2) is 5.13 Å². The molecular weight excluding hydrogens is 278 g/mol. The Morgan fingerprint density at radius 3 is 2.71 bits per heavy atom. The number of aromatic nitrogens is 2. The fourth-order valence-electron chi connectivity index (χ4n) is 2.14. The van der Waals surface area contributed by atoms with Crippen LogP contribution in [0.3, 0.4) is 0 Å². The molecule has 106 valence electrons. The summed E-state index contributed by atoms with van der Waals surface area (Å²) in [7, 11) is 0. The standard InChI is InChI=1S/C17H17N3S/c1-2-10-19-17-20-12-15(21-17)14-9-6-11-18-16(14)13-7-4-3-5-8-13/h3-9,11-12H,2,10H2,1H3,(H,19,20). The average Bonchev–Trinajstić information content (AvgIpc) is 3.02. The van der Waals surface area contributed by atoms with Crippen molar-refractivity contribution < 1.29 is 0 Å². The van der Waals surface area contributed by atoms with Crippen molar-refractivity contribution in [2.24, 2.45) is 0 Å². The second-order valence-electron chi connectivity index (χ2n) is 4.72. The molecule has 0 amide bonds. The zero-order chi connectivity index (χ0) is 14.5. The van der Waals surface area contributed by atoms with E-state index in [0.29, 0.717) is 0 Å². The van der Waals surface area contributed by atoms with Crippen LogP contribution in [0, 0.1) is 0 Å². The predicted octanol–water partition coefficient (Wildman–Crippen LogP) is 4.69. The molecule has 0 atom stereocenters. The van der Waals surface area contributed by atoms with Crippen LogP contribution in [0.2, 0.25) is 0 Å². The summed E-state index contributed by atoms with van der Waals surface area (Å²) in [5.41, 5.74) is 3.26. The lowest BCUT2D eigenvalue weighted by Crippen LogP contribution is -1.97. The molecule has 0 spiro atoms. The van der Waals surface area contributed by atoms with Crippen LogP contribution in [0.25, 0.3) is 21.7 Å². The van der Waals surface area contributed by atoms with Gasteiger partial charge in [-0.15, -0.1) is 0 Å². The minimum Gasteiger partial charge on any atom is -0.362 e. The zero-order valence-electron chi connectivity index (χ0n) is 11.9. The van der Waals surface area contributed by atoms with E-state index in [0.717, 1.165) is 39.8 Å². The fraction of sp³-hybridized carbons (Fsp3) is 0.176. The number of nitrogens with zero attached hydrogens (tertiary/aromatic N) is 2. The molecule has 0 aliphatic carbocycles. The Labute approximate surface area is 128 Å². The summed E-state index contributed by atoms with van der Waals surface area (Å²) in [5, 5.41) is 4.30. The Hall–Kier alpha value is -2.20. The minimum absolute atomic E-state index is 0.950. The fourth-order valence-corrected chi connectivity index (χ4v) is 3.01. The summed E-state index contributed by atoms with van der Waals surface area (Å²) < 4.78 is 0. The van der Waals surface area contributed by atoms with Crippen LogP contribution in [0.5, 0.6) is 0 Å². The first-order chi connectivity index (χ1) is 10.4. The summed E-state index contributed by atoms with van der Waals surface area (Å²) in [6.07, 6.45) is 4.85. The van der Waals surface area contributed by atoms with Crippen LogP contribution in [-0.4, -0.2) is 16.5 Å². The second kappa shape index (κ2) is 6.50. The van der Waals surface area contributed by atoms with Gasteiger partial charge in [0.25, 0.3) is 0 Å². The summed E-state index contributed by atoms with van der Waals surface area (Å²) in [6, 6.07) is 14.3. The van der Waals surface area contributed by atoms with Gasteiger partial charge in [-0.05, 0) is 18.6 Å². The van der Waals surface area contributed by atoms with E-state index in [1.807, 2.05) is 36.7 Å². The summed E-state index contributed by atoms with van der Waals surface area (Å²) in [6.45, 7) is 3.10. The SMILES string of the molecule is CCCNc1ncc(-c2cccnc2-c2ccccc2)s1. The molecule has 0 unspecified atom stereocenters. The minimum atomic E-state index is 0.950. The lowest BCUT2D eigenvalue weighted by atomic mass is 10.1. The number of pyridine rings is 1. The normalized spacial score (nSPS) is 10.5. The van der Waals surface area contributed by atoms with Gasteiger partial charge < -0.3 is 5.32 Å². The summed E-state index contributed by atoms with van der Waals surface area (Å²) in [4.78, 5) is 10.1. The molecule has 0 saturated carbocycles. The van der Waals surface area contributed by atoms with E-state index in [1.54, 1.807) is 11.3 Å². The predicted molar refractivity (Wildman–Crippen MR) is 89.6 cm³/mol. The van der Waals surface area contributed by atoms with E-state index in [2.05, 4.69) is 40.4 Å². The Bertz CT molecular complexity index is 707. The highest BCUT2D eigenvalue weighted by Crippen LogP contribution is 2.34. The van der Waals surface area contributed by atoms with Crippen LogP contribution in [0.15, 0.2) is 54.9 Å². The first-order valence-corrected chi connectivity index (χ1v) is 7.90. The second-order valence-corrected chi connectivity index (χ2v) is 5.75. The van der Waals surface area contributed by atoms with Crippen molar-refractivity contribution in [1.29, 1.82) is 0 Å². The maximum absolute atomic E-state index is 4.56. The molecule has 0 fully saturated rings. The van der Waals surface area contributed by atoms with Gasteiger partial charge in [-0.2, -0.15) is 0 Å². The lowest BCUT2D eigenvalue weighted by molar-refractivity contribution is 0.976. The molecule has 0 aliphatic heterocycles. The van der Waals surface area contributed by atoms with Crippen LogP contribution >= 0.6 is 11.3 Å². The smallest absolute Gasteiger partial charge is 0.183 e. The van der Waals surface area contributed by atoms with Crippen molar-refractivity contribution in [2.75, 3.05) is 11.9 Å². The van der Waals surface area contributed by atoms with Gasteiger partial charge in [0, 0.05) is 30.1 Å². The van der Waals surface area contributed by atoms with Gasteiger partial charge in [-0.25, -0.2) is 4.98 Å². The number of anilines is 1.